The number of thioether (sulfide) groups is 1. The Hall–Kier alpha value is -2.73. The summed E-state index contributed by atoms with van der Waals surface area (Å²) in [7, 11) is 1.60. The van der Waals surface area contributed by atoms with Gasteiger partial charge in [-0.15, -0.1) is 11.8 Å². The Labute approximate surface area is 156 Å². The van der Waals surface area contributed by atoms with E-state index >= 15 is 0 Å². The van der Waals surface area contributed by atoms with Gasteiger partial charge < -0.3 is 14.8 Å². The minimum atomic E-state index is -0.927. The van der Waals surface area contributed by atoms with Crippen LogP contribution >= 0.6 is 11.8 Å². The molecule has 1 aliphatic rings. The molecular weight excluding hydrogens is 350 g/mol. The molecule has 1 heterocycles. The number of ether oxygens (including phenoxy) is 2. The van der Waals surface area contributed by atoms with E-state index in [-0.39, 0.29) is 11.2 Å². The van der Waals surface area contributed by atoms with Crippen molar-refractivity contribution >= 4 is 29.3 Å². The molecule has 0 aromatic heterocycles. The summed E-state index contributed by atoms with van der Waals surface area (Å²) in [6.45, 7) is 1.31. The van der Waals surface area contributed by atoms with E-state index < -0.39 is 12.1 Å². The second kappa shape index (κ2) is 8.10. The lowest BCUT2D eigenvalue weighted by atomic mass is 10.1. The van der Waals surface area contributed by atoms with Crippen molar-refractivity contribution in [3.05, 3.63) is 71.1 Å². The monoisotopic (exact) mass is 369 g/mol. The average molecular weight is 369 g/mol. The Morgan fingerprint density at radius 2 is 1.77 bits per heavy atom. The van der Waals surface area contributed by atoms with Crippen LogP contribution in [-0.2, 0) is 14.3 Å². The molecule has 3 rings (SSSR count). The first kappa shape index (κ1) is 18.1. The maximum absolute atomic E-state index is 12.8. The van der Waals surface area contributed by atoms with E-state index in [9.17, 15) is 9.59 Å². The van der Waals surface area contributed by atoms with Crippen LogP contribution in [0.2, 0.25) is 0 Å². The molecule has 2 atom stereocenters. The predicted octanol–water partition coefficient (Wildman–Crippen LogP) is 3.53. The number of hydrogen-bond acceptors (Lipinski definition) is 5. The summed E-state index contributed by atoms with van der Waals surface area (Å²) in [5.41, 5.74) is 2.46. The van der Waals surface area contributed by atoms with E-state index in [1.54, 1.807) is 7.11 Å². The fourth-order valence-electron chi connectivity index (χ4n) is 2.68. The highest BCUT2D eigenvalue weighted by molar-refractivity contribution is 8.02. The first-order chi connectivity index (χ1) is 12.6. The largest absolute Gasteiger partial charge is 0.497 e. The van der Waals surface area contributed by atoms with Gasteiger partial charge in [-0.05, 0) is 28.7 Å². The molecule has 0 saturated heterocycles. The fourth-order valence-corrected chi connectivity index (χ4v) is 3.80. The third-order valence-corrected chi connectivity index (χ3v) is 5.13. The maximum atomic E-state index is 12.8. The summed E-state index contributed by atoms with van der Waals surface area (Å²) in [6, 6.07) is 17.0. The van der Waals surface area contributed by atoms with Gasteiger partial charge in [-0.25, -0.2) is 0 Å². The lowest BCUT2D eigenvalue weighted by molar-refractivity contribution is -0.153. The molecule has 0 unspecified atom stereocenters. The third kappa shape index (κ3) is 4.08. The van der Waals surface area contributed by atoms with Crippen molar-refractivity contribution in [2.24, 2.45) is 0 Å². The summed E-state index contributed by atoms with van der Waals surface area (Å²) in [5.74, 6) is -0.116. The van der Waals surface area contributed by atoms with Gasteiger partial charge in [0.1, 0.15) is 5.75 Å². The lowest BCUT2D eigenvalue weighted by Gasteiger charge is -2.23. The van der Waals surface area contributed by atoms with Crippen LogP contribution in [-0.4, -0.2) is 25.1 Å². The molecule has 2 aromatic carbocycles. The minimum absolute atomic E-state index is 0.346. The normalized spacial score (nSPS) is 19.8. The van der Waals surface area contributed by atoms with E-state index in [0.29, 0.717) is 5.70 Å². The topological polar surface area (TPSA) is 64.6 Å². The van der Waals surface area contributed by atoms with Crippen molar-refractivity contribution < 1.29 is 19.1 Å². The van der Waals surface area contributed by atoms with Crippen LogP contribution in [0.1, 0.15) is 23.3 Å². The smallest absolute Gasteiger partial charge is 0.303 e. The quantitative estimate of drug-likeness (QED) is 0.836. The summed E-state index contributed by atoms with van der Waals surface area (Å²) < 4.78 is 10.5. The SMILES string of the molecule is COc1ccc([C@@H]2SC=C(c3ccccc3)NC(=O)[C@H]2OC(C)=O)cc1. The number of carbonyl (C=O) groups excluding carboxylic acids is 2. The van der Waals surface area contributed by atoms with Gasteiger partial charge in [-0.3, -0.25) is 9.59 Å². The summed E-state index contributed by atoms with van der Waals surface area (Å²) in [6.07, 6.45) is -0.927. The van der Waals surface area contributed by atoms with Crippen molar-refractivity contribution in [3.63, 3.8) is 0 Å². The highest BCUT2D eigenvalue weighted by Crippen LogP contribution is 2.39. The van der Waals surface area contributed by atoms with Gasteiger partial charge in [0.25, 0.3) is 5.91 Å². The minimum Gasteiger partial charge on any atom is -0.497 e. The van der Waals surface area contributed by atoms with Gasteiger partial charge in [0.15, 0.2) is 6.10 Å². The van der Waals surface area contributed by atoms with Crippen molar-refractivity contribution in [2.45, 2.75) is 18.3 Å². The average Bonchev–Trinajstić information content (AvgIpc) is 2.82. The van der Waals surface area contributed by atoms with E-state index in [1.165, 1.54) is 18.7 Å². The van der Waals surface area contributed by atoms with Crippen LogP contribution in [0.25, 0.3) is 5.70 Å². The molecule has 2 aromatic rings. The molecule has 26 heavy (non-hydrogen) atoms. The summed E-state index contributed by atoms with van der Waals surface area (Å²) in [5, 5.41) is 4.41. The number of methoxy groups -OCH3 is 1. The molecule has 0 spiro atoms. The van der Waals surface area contributed by atoms with Crippen molar-refractivity contribution in [3.8, 4) is 5.75 Å². The Kier molecular flexibility index (Phi) is 5.63. The predicted molar refractivity (Wildman–Crippen MR) is 101 cm³/mol. The van der Waals surface area contributed by atoms with Crippen LogP contribution in [0.5, 0.6) is 5.75 Å². The second-order valence-electron chi connectivity index (χ2n) is 5.75. The number of nitrogens with one attached hydrogen (secondary N) is 1. The second-order valence-corrected chi connectivity index (χ2v) is 6.76. The number of hydrogen-bond donors (Lipinski definition) is 1. The lowest BCUT2D eigenvalue weighted by Crippen LogP contribution is -2.38. The molecule has 6 heteroatoms. The zero-order valence-corrected chi connectivity index (χ0v) is 15.3. The van der Waals surface area contributed by atoms with E-state index in [0.717, 1.165) is 16.9 Å². The molecule has 0 fully saturated rings. The zero-order chi connectivity index (χ0) is 18.5. The van der Waals surface area contributed by atoms with Crippen molar-refractivity contribution in [1.29, 1.82) is 0 Å². The first-order valence-corrected chi connectivity index (χ1v) is 9.06. The number of carbonyl (C=O) groups is 2. The Balaban J connectivity index is 1.95. The van der Waals surface area contributed by atoms with E-state index in [2.05, 4.69) is 5.32 Å². The molecule has 0 bridgehead atoms. The van der Waals surface area contributed by atoms with Gasteiger partial charge >= 0.3 is 5.97 Å². The highest BCUT2D eigenvalue weighted by Gasteiger charge is 2.35. The Morgan fingerprint density at radius 1 is 1.08 bits per heavy atom. The molecule has 0 saturated carbocycles. The van der Waals surface area contributed by atoms with Crippen molar-refractivity contribution in [2.75, 3.05) is 7.11 Å². The van der Waals surface area contributed by atoms with Gasteiger partial charge in [0, 0.05) is 6.92 Å². The maximum Gasteiger partial charge on any atom is 0.303 e. The molecule has 0 radical (unpaired) electrons. The van der Waals surface area contributed by atoms with Gasteiger partial charge in [-0.1, -0.05) is 42.5 Å². The van der Waals surface area contributed by atoms with Crippen LogP contribution < -0.4 is 10.1 Å². The number of esters is 1. The fraction of sp³-hybridized carbons (Fsp3) is 0.200. The van der Waals surface area contributed by atoms with Gasteiger partial charge in [0.2, 0.25) is 0 Å². The zero-order valence-electron chi connectivity index (χ0n) is 14.5. The molecule has 1 N–H and O–H groups in total. The molecular formula is C20H19NO4S. The van der Waals surface area contributed by atoms with Crippen LogP contribution in [0.15, 0.2) is 60.0 Å². The number of rotatable bonds is 4. The van der Waals surface area contributed by atoms with Crippen LogP contribution in [0, 0.1) is 0 Å². The molecule has 1 amide bonds. The molecule has 1 aliphatic heterocycles. The first-order valence-electron chi connectivity index (χ1n) is 8.11. The van der Waals surface area contributed by atoms with E-state index in [4.69, 9.17) is 9.47 Å². The van der Waals surface area contributed by atoms with Gasteiger partial charge in [0.05, 0.1) is 18.1 Å². The molecule has 5 nitrogen and oxygen atoms in total. The highest BCUT2D eigenvalue weighted by atomic mass is 32.2. The standard InChI is InChI=1S/C20H19NO4S/c1-13(22)25-18-19(15-8-10-16(24-2)11-9-15)26-12-17(21-20(18)23)14-6-4-3-5-7-14/h3-12,18-19H,1-2H3,(H,21,23)/t18-,19-/m0/s1. The van der Waals surface area contributed by atoms with Gasteiger partial charge in [-0.2, -0.15) is 0 Å². The van der Waals surface area contributed by atoms with E-state index in [1.807, 2.05) is 60.0 Å². The summed E-state index contributed by atoms with van der Waals surface area (Å²) in [4.78, 5) is 24.3. The number of amides is 1. The molecule has 0 aliphatic carbocycles. The van der Waals surface area contributed by atoms with Crippen LogP contribution in [0.4, 0.5) is 0 Å². The van der Waals surface area contributed by atoms with Crippen LogP contribution in [0.3, 0.4) is 0 Å². The van der Waals surface area contributed by atoms with Crippen molar-refractivity contribution in [1.82, 2.24) is 5.32 Å². The Morgan fingerprint density at radius 3 is 2.38 bits per heavy atom. The number of benzene rings is 2. The molecule has 134 valence electrons. The summed E-state index contributed by atoms with van der Waals surface area (Å²) >= 11 is 1.44. The third-order valence-electron chi connectivity index (χ3n) is 3.95. The Bertz CT molecular complexity index is 817.